The first-order valence-corrected chi connectivity index (χ1v) is 1.36. The maximum absolute atomic E-state index is 8.33. The molecule has 0 N–H and O–H groups in total. The van der Waals surface area contributed by atoms with Crippen LogP contribution >= 0.6 is 0 Å². The second-order valence-electron chi connectivity index (χ2n) is 0. The first kappa shape index (κ1) is 27.1. The summed E-state index contributed by atoms with van der Waals surface area (Å²) < 4.78 is 8.33. The Labute approximate surface area is 76.6 Å². The summed E-state index contributed by atoms with van der Waals surface area (Å²) in [5, 5.41) is 0. The normalized spacial score (nSPS) is 0.800. The standard InChI is InChI=1S/Co.Ni.O.Pt.W. The van der Waals surface area contributed by atoms with E-state index in [4.69, 9.17) is 3.40 Å². The molecular formula is CoNiOPtW. The molecule has 0 aliphatic carbocycles. The molecule has 0 aliphatic heterocycles. The molecule has 1 nitrogen and oxygen atoms in total. The van der Waals surface area contributed by atoms with E-state index in [0.29, 0.717) is 19.8 Å². The molecule has 0 atom stereocenters. The second-order valence-corrected chi connectivity index (χ2v) is 0. The van der Waals surface area contributed by atoms with Crippen molar-refractivity contribution >= 4 is 0 Å². The van der Waals surface area contributed by atoms with E-state index in [-0.39, 0.29) is 54.3 Å². The summed E-state index contributed by atoms with van der Waals surface area (Å²) in [5.74, 6) is 0. The van der Waals surface area contributed by atoms with Crippen molar-refractivity contribution in [2.24, 2.45) is 0 Å². The van der Waals surface area contributed by atoms with Crippen LogP contribution in [0.15, 0.2) is 0 Å². The van der Waals surface area contributed by atoms with Crippen LogP contribution in [-0.2, 0) is 77.5 Å². The van der Waals surface area contributed by atoms with Gasteiger partial charge >= 0.3 is 23.2 Å². The zero-order chi connectivity index (χ0) is 2.00. The molecular weight excluding hydrogens is 513 g/mol. The molecule has 0 amide bonds. The fourth-order valence-corrected chi connectivity index (χ4v) is 0. The van der Waals surface area contributed by atoms with Crippen LogP contribution in [-0.4, -0.2) is 0 Å². The van der Waals surface area contributed by atoms with Crippen LogP contribution in [0.2, 0.25) is 0 Å². The van der Waals surface area contributed by atoms with Gasteiger partial charge in [0.25, 0.3) is 0 Å². The summed E-state index contributed by atoms with van der Waals surface area (Å²) in [6.07, 6.45) is 0. The Bertz CT molecular complexity index is 11.6. The molecule has 41 valence electrons. The van der Waals surface area contributed by atoms with Gasteiger partial charge in [-0.25, -0.2) is 0 Å². The van der Waals surface area contributed by atoms with Gasteiger partial charge in [0, 0.05) is 54.3 Å². The second kappa shape index (κ2) is 34.9. The molecule has 0 saturated carbocycles. The summed E-state index contributed by atoms with van der Waals surface area (Å²) in [5.41, 5.74) is 0. The zero-order valence-corrected chi connectivity index (χ0v) is 9.02. The van der Waals surface area contributed by atoms with Gasteiger partial charge in [0.1, 0.15) is 0 Å². The van der Waals surface area contributed by atoms with Gasteiger partial charge in [-0.1, -0.05) is 0 Å². The summed E-state index contributed by atoms with van der Waals surface area (Å²) in [6, 6.07) is 0. The van der Waals surface area contributed by atoms with Gasteiger partial charge in [-0.05, 0) is 0 Å². The Morgan fingerprint density at radius 3 is 1.20 bits per heavy atom. The SMILES string of the molecule is [Co].[Ni].[O]=[W].[Pt]. The van der Waals surface area contributed by atoms with Crippen LogP contribution in [0.25, 0.3) is 0 Å². The molecule has 0 aromatic rings. The van der Waals surface area contributed by atoms with Crippen LogP contribution in [0.1, 0.15) is 0 Å². The van der Waals surface area contributed by atoms with Gasteiger partial charge in [0.15, 0.2) is 0 Å². The summed E-state index contributed by atoms with van der Waals surface area (Å²) in [4.78, 5) is 0. The van der Waals surface area contributed by atoms with Crippen molar-refractivity contribution in [2.75, 3.05) is 0 Å². The molecule has 0 saturated heterocycles. The Hall–Kier alpha value is 2.18. The molecule has 0 bridgehead atoms. The van der Waals surface area contributed by atoms with Crippen molar-refractivity contribution in [2.45, 2.75) is 0 Å². The third-order valence-corrected chi connectivity index (χ3v) is 0. The van der Waals surface area contributed by atoms with Gasteiger partial charge < -0.3 is 0 Å². The largest absolute Gasteiger partial charge is 0 e. The van der Waals surface area contributed by atoms with Crippen molar-refractivity contribution in [3.8, 4) is 0 Å². The minimum Gasteiger partial charge on any atom is 0 e. The fourth-order valence-electron chi connectivity index (χ4n) is 0. The predicted molar refractivity (Wildman–Crippen MR) is 0.686 cm³/mol. The molecule has 0 rings (SSSR count). The Balaban J connectivity index is -0.00000000167. The maximum Gasteiger partial charge on any atom is 0 e. The molecule has 5 heavy (non-hydrogen) atoms. The molecule has 0 unspecified atom stereocenters. The predicted octanol–water partition coefficient (Wildman–Crippen LogP) is -0.129. The van der Waals surface area contributed by atoms with Crippen LogP contribution in [0.4, 0.5) is 0 Å². The minimum absolute atomic E-state index is 0. The molecule has 0 aromatic carbocycles. The van der Waals surface area contributed by atoms with E-state index >= 15 is 0 Å². The van der Waals surface area contributed by atoms with Crippen molar-refractivity contribution < 1.29 is 77.5 Å². The molecule has 1 radical (unpaired) electrons. The third-order valence-electron chi connectivity index (χ3n) is 0. The van der Waals surface area contributed by atoms with Gasteiger partial charge in [0.05, 0.1) is 0 Å². The van der Waals surface area contributed by atoms with Gasteiger partial charge in [-0.15, -0.1) is 0 Å². The molecule has 0 aromatic heterocycles. The van der Waals surface area contributed by atoms with E-state index < -0.39 is 0 Å². The smallest absolute Gasteiger partial charge is 0 e. The molecule has 0 spiro atoms. The van der Waals surface area contributed by atoms with E-state index in [1.807, 2.05) is 0 Å². The quantitative estimate of drug-likeness (QED) is 0.414. The Kier molecular flexibility index (Phi) is 190. The Morgan fingerprint density at radius 1 is 1.20 bits per heavy atom. The topological polar surface area (TPSA) is 17.1 Å². The van der Waals surface area contributed by atoms with E-state index in [9.17, 15) is 0 Å². The van der Waals surface area contributed by atoms with Crippen LogP contribution in [0.3, 0.4) is 0 Å². The summed E-state index contributed by atoms with van der Waals surface area (Å²) in [6.45, 7) is 0. The van der Waals surface area contributed by atoms with E-state index in [1.165, 1.54) is 0 Å². The fraction of sp³-hybridized carbons (Fsp3) is 0. The van der Waals surface area contributed by atoms with Crippen molar-refractivity contribution in [1.29, 1.82) is 0 Å². The van der Waals surface area contributed by atoms with E-state index in [1.54, 1.807) is 0 Å². The summed E-state index contributed by atoms with van der Waals surface area (Å²) >= 11 is 0.333. The van der Waals surface area contributed by atoms with Gasteiger partial charge in [-0.3, -0.25) is 0 Å². The monoisotopic (exact) mass is 512 g/mol. The summed E-state index contributed by atoms with van der Waals surface area (Å²) in [7, 11) is 0. The zero-order valence-electron chi connectivity index (χ0n) is 1.78. The van der Waals surface area contributed by atoms with E-state index in [2.05, 4.69) is 0 Å². The van der Waals surface area contributed by atoms with Gasteiger partial charge in [-0.2, -0.15) is 0 Å². The maximum atomic E-state index is 8.33. The van der Waals surface area contributed by atoms with Crippen LogP contribution in [0.5, 0.6) is 0 Å². The van der Waals surface area contributed by atoms with Crippen molar-refractivity contribution in [1.82, 2.24) is 0 Å². The first-order valence-electron chi connectivity index (χ1n) is 0.167. The number of hydrogen-bond donors (Lipinski definition) is 0. The number of hydrogen-bond acceptors (Lipinski definition) is 1. The van der Waals surface area contributed by atoms with Crippen LogP contribution in [0, 0.1) is 0 Å². The molecule has 0 heterocycles. The average Bonchev–Trinajstić information content (AvgIpc) is 1.00. The first-order chi connectivity index (χ1) is 1.00. The molecule has 0 fully saturated rings. The van der Waals surface area contributed by atoms with Crippen molar-refractivity contribution in [3.63, 3.8) is 0 Å². The molecule has 0 aliphatic rings. The van der Waals surface area contributed by atoms with Crippen LogP contribution < -0.4 is 0 Å². The number of rotatable bonds is 0. The average molecular weight is 513 g/mol. The molecule has 5 heteroatoms. The Morgan fingerprint density at radius 2 is 1.20 bits per heavy atom. The van der Waals surface area contributed by atoms with Crippen molar-refractivity contribution in [3.05, 3.63) is 0 Å². The third kappa shape index (κ3) is 22.7. The van der Waals surface area contributed by atoms with Gasteiger partial charge in [0.2, 0.25) is 0 Å². The van der Waals surface area contributed by atoms with E-state index in [0.717, 1.165) is 0 Å². The minimum atomic E-state index is 0.